The van der Waals surface area contributed by atoms with E-state index in [-0.39, 0.29) is 11.6 Å². The molecule has 1 unspecified atom stereocenters. The summed E-state index contributed by atoms with van der Waals surface area (Å²) in [7, 11) is 3.49. The average molecular weight is 290 g/mol. The smallest absolute Gasteiger partial charge is 0.321 e. The van der Waals surface area contributed by atoms with Gasteiger partial charge in [-0.3, -0.25) is 0 Å². The minimum atomic E-state index is -0.529. The molecule has 0 saturated heterocycles. The van der Waals surface area contributed by atoms with Crippen LogP contribution in [0.25, 0.3) is 0 Å². The molecule has 1 aromatic rings. The molecule has 21 heavy (non-hydrogen) atoms. The van der Waals surface area contributed by atoms with Gasteiger partial charge in [-0.2, -0.15) is 0 Å². The number of hydrogen-bond acceptors (Lipinski definition) is 3. The topological polar surface area (TPSA) is 61.8 Å². The number of hydrogen-bond donors (Lipinski definition) is 2. The zero-order valence-electron chi connectivity index (χ0n) is 12.6. The molecule has 2 N–H and O–H groups in total. The zero-order chi connectivity index (χ0) is 15.0. The number of benzene rings is 1. The van der Waals surface area contributed by atoms with Gasteiger partial charge in [0.05, 0.1) is 11.7 Å². The summed E-state index contributed by atoms with van der Waals surface area (Å²) >= 11 is 0. The molecule has 0 spiro atoms. The first-order valence-corrected chi connectivity index (χ1v) is 7.41. The van der Waals surface area contributed by atoms with Crippen molar-refractivity contribution >= 4 is 11.7 Å². The molecule has 1 aliphatic carbocycles. The zero-order valence-corrected chi connectivity index (χ0v) is 12.6. The Bertz CT molecular complexity index is 549. The highest BCUT2D eigenvalue weighted by atomic mass is 16.5. The molecule has 2 aliphatic rings. The highest BCUT2D eigenvalue weighted by Gasteiger charge is 2.39. The predicted molar refractivity (Wildman–Crippen MR) is 80.1 cm³/mol. The maximum atomic E-state index is 11.6. The van der Waals surface area contributed by atoms with Gasteiger partial charge >= 0.3 is 6.03 Å². The molecular weight excluding hydrogens is 268 g/mol. The Hall–Kier alpha value is -1.59. The van der Waals surface area contributed by atoms with Gasteiger partial charge in [0.25, 0.3) is 0 Å². The Kier molecular flexibility index (Phi) is 3.63. The Morgan fingerprint density at radius 2 is 2.24 bits per heavy atom. The molecule has 0 aromatic heterocycles. The maximum Gasteiger partial charge on any atom is 0.321 e. The largest absolute Gasteiger partial charge is 0.388 e. The van der Waals surface area contributed by atoms with Gasteiger partial charge in [0.1, 0.15) is 0 Å². The lowest BCUT2D eigenvalue weighted by atomic mass is 9.75. The van der Waals surface area contributed by atoms with Gasteiger partial charge < -0.3 is 20.1 Å². The van der Waals surface area contributed by atoms with Crippen LogP contribution in [0.1, 0.15) is 42.9 Å². The van der Waals surface area contributed by atoms with E-state index >= 15 is 0 Å². The number of fused-ring (bicyclic) bond motifs is 1. The molecule has 5 heteroatoms. The van der Waals surface area contributed by atoms with Crippen molar-refractivity contribution in [1.29, 1.82) is 0 Å². The van der Waals surface area contributed by atoms with E-state index < -0.39 is 6.10 Å². The van der Waals surface area contributed by atoms with E-state index in [1.807, 2.05) is 18.2 Å². The Morgan fingerprint density at radius 1 is 1.48 bits per heavy atom. The van der Waals surface area contributed by atoms with Crippen LogP contribution in [0.15, 0.2) is 18.2 Å². The van der Waals surface area contributed by atoms with Crippen molar-refractivity contribution < 1.29 is 14.6 Å². The van der Waals surface area contributed by atoms with Crippen LogP contribution in [0.5, 0.6) is 0 Å². The van der Waals surface area contributed by atoms with E-state index in [9.17, 15) is 9.90 Å². The maximum absolute atomic E-state index is 11.6. The van der Waals surface area contributed by atoms with Crippen molar-refractivity contribution in [2.75, 3.05) is 19.5 Å². The molecule has 3 rings (SSSR count). The van der Waals surface area contributed by atoms with Crippen LogP contribution >= 0.6 is 0 Å². The van der Waals surface area contributed by atoms with Gasteiger partial charge in [0, 0.05) is 32.8 Å². The number of ether oxygens (including phenoxy) is 1. The second kappa shape index (κ2) is 5.31. The van der Waals surface area contributed by atoms with Crippen molar-refractivity contribution in [3.63, 3.8) is 0 Å². The normalized spacial score (nSPS) is 21.3. The molecule has 1 fully saturated rings. The summed E-state index contributed by atoms with van der Waals surface area (Å²) in [5.41, 5.74) is 2.61. The molecular formula is C16H22N2O3. The van der Waals surface area contributed by atoms with Crippen LogP contribution in [0, 0.1) is 0 Å². The number of carbonyl (C=O) groups is 1. The fraction of sp³-hybridized carbons (Fsp3) is 0.562. The second-order valence-electron chi connectivity index (χ2n) is 6.16. The summed E-state index contributed by atoms with van der Waals surface area (Å²) in [6.45, 7) is 0.567. The van der Waals surface area contributed by atoms with E-state index in [1.165, 1.54) is 6.42 Å². The number of aliphatic hydroxyl groups is 1. The number of anilines is 1. The molecule has 0 bridgehead atoms. The Morgan fingerprint density at radius 3 is 2.86 bits per heavy atom. The first-order valence-electron chi connectivity index (χ1n) is 7.41. The molecule has 1 aromatic carbocycles. The lowest BCUT2D eigenvalue weighted by Crippen LogP contribution is -2.40. The number of methoxy groups -OCH3 is 1. The van der Waals surface area contributed by atoms with E-state index in [0.29, 0.717) is 13.0 Å². The number of nitrogens with one attached hydrogen (secondary N) is 1. The number of nitrogens with zero attached hydrogens (tertiary/aromatic N) is 1. The molecule has 1 saturated carbocycles. The highest BCUT2D eigenvalue weighted by molar-refractivity contribution is 5.92. The van der Waals surface area contributed by atoms with Crippen molar-refractivity contribution in [2.24, 2.45) is 0 Å². The van der Waals surface area contributed by atoms with Crippen LogP contribution in [0.3, 0.4) is 0 Å². The van der Waals surface area contributed by atoms with E-state index in [4.69, 9.17) is 4.74 Å². The lowest BCUT2D eigenvalue weighted by Gasteiger charge is -2.42. The van der Waals surface area contributed by atoms with Crippen LogP contribution in [0.2, 0.25) is 0 Å². The van der Waals surface area contributed by atoms with Gasteiger partial charge in [0.15, 0.2) is 0 Å². The number of urea groups is 1. The molecule has 1 aliphatic heterocycles. The van der Waals surface area contributed by atoms with Crippen LogP contribution in [0.4, 0.5) is 10.5 Å². The SMILES string of the molecule is COC1(CC(O)c2ccc3c(c2)CN(C)C(=O)N3)CCC1. The van der Waals surface area contributed by atoms with E-state index in [2.05, 4.69) is 5.32 Å². The monoisotopic (exact) mass is 290 g/mol. The minimum absolute atomic E-state index is 0.0939. The minimum Gasteiger partial charge on any atom is -0.388 e. The van der Waals surface area contributed by atoms with Gasteiger partial charge in [-0.15, -0.1) is 0 Å². The van der Waals surface area contributed by atoms with Gasteiger partial charge in [0.2, 0.25) is 0 Å². The van der Waals surface area contributed by atoms with Crippen LogP contribution in [-0.4, -0.2) is 35.8 Å². The van der Waals surface area contributed by atoms with Crippen LogP contribution in [-0.2, 0) is 11.3 Å². The van der Waals surface area contributed by atoms with Crippen molar-refractivity contribution in [2.45, 2.75) is 43.9 Å². The third kappa shape index (κ3) is 2.63. The Balaban J connectivity index is 1.77. The Labute approximate surface area is 124 Å². The third-order valence-corrected chi connectivity index (χ3v) is 4.77. The van der Waals surface area contributed by atoms with Gasteiger partial charge in [-0.05, 0) is 42.5 Å². The number of amides is 2. The molecule has 1 atom stereocenters. The summed E-state index contributed by atoms with van der Waals surface area (Å²) in [4.78, 5) is 13.2. The molecule has 5 nitrogen and oxygen atoms in total. The molecule has 1 heterocycles. The van der Waals surface area contributed by atoms with Gasteiger partial charge in [-0.25, -0.2) is 4.79 Å². The standard InChI is InChI=1S/C16H22N2O3/c1-18-10-12-8-11(4-5-13(12)17-15(18)20)14(19)9-16(21-2)6-3-7-16/h4-5,8,14,19H,3,6-7,9-10H2,1-2H3,(H,17,20). The summed E-state index contributed by atoms with van der Waals surface area (Å²) in [6, 6.07) is 5.65. The van der Waals surface area contributed by atoms with E-state index in [0.717, 1.165) is 29.7 Å². The first kappa shape index (κ1) is 14.4. The lowest BCUT2D eigenvalue weighted by molar-refractivity contribution is -0.0999. The third-order valence-electron chi connectivity index (χ3n) is 4.77. The average Bonchev–Trinajstić information content (AvgIpc) is 2.43. The first-order chi connectivity index (χ1) is 10.0. The summed E-state index contributed by atoms with van der Waals surface area (Å²) < 4.78 is 5.58. The van der Waals surface area contributed by atoms with E-state index in [1.54, 1.807) is 19.1 Å². The summed E-state index contributed by atoms with van der Waals surface area (Å²) in [5.74, 6) is 0. The number of rotatable bonds is 4. The van der Waals surface area contributed by atoms with Crippen LogP contribution < -0.4 is 5.32 Å². The molecule has 0 radical (unpaired) electrons. The predicted octanol–water partition coefficient (Wildman–Crippen LogP) is 2.66. The summed E-state index contributed by atoms with van der Waals surface area (Å²) in [5, 5.41) is 13.3. The van der Waals surface area contributed by atoms with Crippen molar-refractivity contribution in [3.8, 4) is 0 Å². The molecule has 114 valence electrons. The van der Waals surface area contributed by atoms with Crippen molar-refractivity contribution in [3.05, 3.63) is 29.3 Å². The summed E-state index contributed by atoms with van der Waals surface area (Å²) in [6.07, 6.45) is 3.30. The quantitative estimate of drug-likeness (QED) is 0.896. The number of aliphatic hydroxyl groups excluding tert-OH is 1. The number of carbonyl (C=O) groups excluding carboxylic acids is 1. The van der Waals surface area contributed by atoms with Crippen molar-refractivity contribution in [1.82, 2.24) is 4.90 Å². The molecule has 2 amide bonds. The van der Waals surface area contributed by atoms with Gasteiger partial charge in [-0.1, -0.05) is 6.07 Å². The second-order valence-corrected chi connectivity index (χ2v) is 6.16. The fourth-order valence-electron chi connectivity index (χ4n) is 3.14. The highest BCUT2D eigenvalue weighted by Crippen LogP contribution is 2.42. The fourth-order valence-corrected chi connectivity index (χ4v) is 3.14.